The Kier molecular flexibility index (Phi) is 3.64. The molecule has 0 bridgehead atoms. The van der Waals surface area contributed by atoms with Crippen LogP contribution in [0.3, 0.4) is 0 Å². The van der Waals surface area contributed by atoms with Gasteiger partial charge in [-0.05, 0) is 19.9 Å². The highest BCUT2D eigenvalue weighted by molar-refractivity contribution is 9.10. The number of hydrogen-bond acceptors (Lipinski definition) is 2. The Hall–Kier alpha value is -1.13. The lowest BCUT2D eigenvalue weighted by Crippen LogP contribution is -2.09. The first kappa shape index (κ1) is 12.3. The SMILES string of the molecule is CCn1ccnc1C(O)c1cc(C)ccc1Br. The molecule has 4 heteroatoms. The van der Waals surface area contributed by atoms with E-state index in [2.05, 4.69) is 20.9 Å². The molecule has 0 amide bonds. The van der Waals surface area contributed by atoms with Gasteiger partial charge in [0.1, 0.15) is 11.9 Å². The molecule has 0 saturated heterocycles. The van der Waals surface area contributed by atoms with Crippen LogP contribution in [0.15, 0.2) is 35.1 Å². The average Bonchev–Trinajstić information content (AvgIpc) is 2.79. The van der Waals surface area contributed by atoms with E-state index in [0.717, 1.165) is 22.1 Å². The van der Waals surface area contributed by atoms with Crippen LogP contribution >= 0.6 is 15.9 Å². The molecule has 17 heavy (non-hydrogen) atoms. The van der Waals surface area contributed by atoms with Gasteiger partial charge in [-0.2, -0.15) is 0 Å². The predicted molar refractivity (Wildman–Crippen MR) is 70.8 cm³/mol. The highest BCUT2D eigenvalue weighted by Gasteiger charge is 2.18. The molecule has 1 atom stereocenters. The van der Waals surface area contributed by atoms with Crippen LogP contribution in [-0.4, -0.2) is 14.7 Å². The zero-order valence-electron chi connectivity index (χ0n) is 9.89. The molecule has 2 rings (SSSR count). The van der Waals surface area contributed by atoms with Crippen LogP contribution < -0.4 is 0 Å². The Morgan fingerprint density at radius 2 is 2.24 bits per heavy atom. The number of aliphatic hydroxyl groups is 1. The van der Waals surface area contributed by atoms with Gasteiger partial charge in [-0.25, -0.2) is 4.98 Å². The summed E-state index contributed by atoms with van der Waals surface area (Å²) >= 11 is 3.47. The maximum atomic E-state index is 10.4. The van der Waals surface area contributed by atoms with Gasteiger partial charge in [0.05, 0.1) is 0 Å². The van der Waals surface area contributed by atoms with Crippen molar-refractivity contribution in [3.8, 4) is 0 Å². The Balaban J connectivity index is 2.43. The highest BCUT2D eigenvalue weighted by atomic mass is 79.9. The second kappa shape index (κ2) is 5.02. The number of hydrogen-bond donors (Lipinski definition) is 1. The minimum atomic E-state index is -0.695. The van der Waals surface area contributed by atoms with E-state index in [9.17, 15) is 5.11 Å². The summed E-state index contributed by atoms with van der Waals surface area (Å²) in [5.41, 5.74) is 1.97. The molecule has 0 aliphatic rings. The van der Waals surface area contributed by atoms with Crippen molar-refractivity contribution in [1.29, 1.82) is 0 Å². The smallest absolute Gasteiger partial charge is 0.142 e. The van der Waals surface area contributed by atoms with Crippen molar-refractivity contribution in [2.45, 2.75) is 26.5 Å². The largest absolute Gasteiger partial charge is 0.380 e. The summed E-state index contributed by atoms with van der Waals surface area (Å²) in [5, 5.41) is 10.4. The van der Waals surface area contributed by atoms with Crippen LogP contribution in [0.4, 0.5) is 0 Å². The molecule has 1 aromatic heterocycles. The number of aliphatic hydroxyl groups excluding tert-OH is 1. The molecule has 1 unspecified atom stereocenters. The number of nitrogens with zero attached hydrogens (tertiary/aromatic N) is 2. The Morgan fingerprint density at radius 3 is 2.94 bits per heavy atom. The average molecular weight is 295 g/mol. The number of imidazole rings is 1. The first-order valence-corrected chi connectivity index (χ1v) is 6.38. The molecule has 0 radical (unpaired) electrons. The molecule has 1 heterocycles. The molecule has 0 aliphatic carbocycles. The molecule has 0 spiro atoms. The fraction of sp³-hybridized carbons (Fsp3) is 0.308. The third-order valence-corrected chi connectivity index (χ3v) is 3.50. The van der Waals surface area contributed by atoms with Crippen LogP contribution in [0, 0.1) is 6.92 Å². The van der Waals surface area contributed by atoms with E-state index < -0.39 is 6.10 Å². The molecular weight excluding hydrogens is 280 g/mol. The maximum Gasteiger partial charge on any atom is 0.142 e. The molecule has 0 fully saturated rings. The van der Waals surface area contributed by atoms with Crippen LogP contribution in [0.25, 0.3) is 0 Å². The van der Waals surface area contributed by atoms with Crippen molar-refractivity contribution >= 4 is 15.9 Å². The third-order valence-electron chi connectivity index (χ3n) is 2.78. The second-order valence-electron chi connectivity index (χ2n) is 4.00. The standard InChI is InChI=1S/C13H15BrN2O/c1-3-16-7-6-15-13(16)12(17)10-8-9(2)4-5-11(10)14/h4-8,12,17H,3H2,1-2H3. The summed E-state index contributed by atoms with van der Waals surface area (Å²) in [5.74, 6) is 0.679. The molecule has 3 nitrogen and oxygen atoms in total. The van der Waals surface area contributed by atoms with Crippen molar-refractivity contribution in [3.63, 3.8) is 0 Å². The molecule has 0 saturated carbocycles. The molecule has 0 aliphatic heterocycles. The number of rotatable bonds is 3. The predicted octanol–water partition coefficient (Wildman–Crippen LogP) is 3.06. The molecule has 1 N–H and O–H groups in total. The van der Waals surface area contributed by atoms with Crippen LogP contribution in [-0.2, 0) is 6.54 Å². The topological polar surface area (TPSA) is 38.0 Å². The fourth-order valence-corrected chi connectivity index (χ4v) is 2.31. The number of aromatic nitrogens is 2. The normalized spacial score (nSPS) is 12.7. The van der Waals surface area contributed by atoms with Gasteiger partial charge in [0.25, 0.3) is 0 Å². The van der Waals surface area contributed by atoms with Gasteiger partial charge >= 0.3 is 0 Å². The van der Waals surface area contributed by atoms with Crippen molar-refractivity contribution in [3.05, 3.63) is 52.0 Å². The summed E-state index contributed by atoms with van der Waals surface area (Å²) in [6.07, 6.45) is 2.90. The van der Waals surface area contributed by atoms with Gasteiger partial charge in [0.15, 0.2) is 0 Å². The quantitative estimate of drug-likeness (QED) is 0.945. The van der Waals surface area contributed by atoms with Gasteiger partial charge in [-0.3, -0.25) is 0 Å². The van der Waals surface area contributed by atoms with E-state index in [1.165, 1.54) is 0 Å². The lowest BCUT2D eigenvalue weighted by molar-refractivity contribution is 0.204. The Morgan fingerprint density at radius 1 is 1.47 bits per heavy atom. The van der Waals surface area contributed by atoms with Crippen LogP contribution in [0.2, 0.25) is 0 Å². The monoisotopic (exact) mass is 294 g/mol. The Labute approximate surface area is 109 Å². The summed E-state index contributed by atoms with van der Waals surface area (Å²) in [6, 6.07) is 5.93. The lowest BCUT2D eigenvalue weighted by Gasteiger charge is -2.14. The first-order valence-electron chi connectivity index (χ1n) is 5.58. The highest BCUT2D eigenvalue weighted by Crippen LogP contribution is 2.28. The third kappa shape index (κ3) is 2.42. The fourth-order valence-electron chi connectivity index (χ4n) is 1.85. The molecule has 1 aromatic carbocycles. The second-order valence-corrected chi connectivity index (χ2v) is 4.85. The van der Waals surface area contributed by atoms with Crippen molar-refractivity contribution in [2.75, 3.05) is 0 Å². The molecular formula is C13H15BrN2O. The molecule has 2 aromatic rings. The van der Waals surface area contributed by atoms with Crippen LogP contribution in [0.5, 0.6) is 0 Å². The number of aryl methyl sites for hydroxylation is 2. The van der Waals surface area contributed by atoms with Crippen LogP contribution in [0.1, 0.15) is 30.0 Å². The zero-order valence-corrected chi connectivity index (χ0v) is 11.5. The van der Waals surface area contributed by atoms with Gasteiger partial charge in [-0.1, -0.05) is 33.6 Å². The van der Waals surface area contributed by atoms with E-state index in [1.807, 2.05) is 42.8 Å². The maximum absolute atomic E-state index is 10.4. The van der Waals surface area contributed by atoms with Gasteiger partial charge < -0.3 is 9.67 Å². The van der Waals surface area contributed by atoms with Crippen molar-refractivity contribution < 1.29 is 5.11 Å². The van der Waals surface area contributed by atoms with E-state index in [-0.39, 0.29) is 0 Å². The summed E-state index contributed by atoms with van der Waals surface area (Å²) in [6.45, 7) is 4.84. The van der Waals surface area contributed by atoms with E-state index in [1.54, 1.807) is 6.20 Å². The van der Waals surface area contributed by atoms with Crippen molar-refractivity contribution in [2.24, 2.45) is 0 Å². The Bertz CT molecular complexity index is 522. The minimum Gasteiger partial charge on any atom is -0.380 e. The number of halogens is 1. The van der Waals surface area contributed by atoms with Gasteiger partial charge in [-0.15, -0.1) is 0 Å². The molecule has 90 valence electrons. The first-order chi connectivity index (χ1) is 8.13. The summed E-state index contributed by atoms with van der Waals surface area (Å²) in [4.78, 5) is 4.23. The summed E-state index contributed by atoms with van der Waals surface area (Å²) in [7, 11) is 0. The summed E-state index contributed by atoms with van der Waals surface area (Å²) < 4.78 is 2.85. The minimum absolute atomic E-state index is 0.679. The van der Waals surface area contributed by atoms with Gasteiger partial charge in [0.2, 0.25) is 0 Å². The van der Waals surface area contributed by atoms with Gasteiger partial charge in [0, 0.05) is 29.0 Å². The van der Waals surface area contributed by atoms with E-state index in [4.69, 9.17) is 0 Å². The number of benzene rings is 1. The lowest BCUT2D eigenvalue weighted by atomic mass is 10.1. The van der Waals surface area contributed by atoms with E-state index >= 15 is 0 Å². The van der Waals surface area contributed by atoms with Crippen molar-refractivity contribution in [1.82, 2.24) is 9.55 Å². The van der Waals surface area contributed by atoms with E-state index in [0.29, 0.717) is 5.82 Å². The zero-order chi connectivity index (χ0) is 12.4.